The van der Waals surface area contributed by atoms with Crippen molar-refractivity contribution < 1.29 is 33.2 Å². The van der Waals surface area contributed by atoms with Gasteiger partial charge >= 0.3 is 0 Å². The van der Waals surface area contributed by atoms with Crippen LogP contribution in [0.3, 0.4) is 0 Å². The van der Waals surface area contributed by atoms with Crippen LogP contribution in [0.15, 0.2) is 121 Å². The lowest BCUT2D eigenvalue weighted by molar-refractivity contribution is -0.329. The zero-order chi connectivity index (χ0) is 35.4. The van der Waals surface area contributed by atoms with Crippen molar-refractivity contribution in [2.75, 3.05) is 6.61 Å². The molecule has 4 aromatic rings. The molecule has 0 N–H and O–H groups in total. The van der Waals surface area contributed by atoms with Crippen LogP contribution in [0, 0.1) is 5.92 Å². The zero-order valence-corrected chi connectivity index (χ0v) is 33.5. The smallest absolute Gasteiger partial charge is 0.175 e. The van der Waals surface area contributed by atoms with Crippen LogP contribution in [-0.2, 0) is 59.6 Å². The second kappa shape index (κ2) is 19.9. The largest absolute Gasteiger partial charge is 0.374 e. The quantitative estimate of drug-likeness (QED) is 0.0822. The monoisotopic (exact) mass is 918 g/mol. The van der Waals surface area contributed by atoms with Gasteiger partial charge < -0.3 is 33.2 Å². The SMILES string of the molecule is CCC1O[C@H](O[C@H]2OC(COCc3ccccc3)C(OCc3ccccc3)C(OCc3ccccc3)C2I)C(I)[C@@H](OCc2ccccc2)C1C. The summed E-state index contributed by atoms with van der Waals surface area (Å²) in [7, 11) is 0. The molecule has 10 atom stereocenters. The van der Waals surface area contributed by atoms with Crippen molar-refractivity contribution in [2.24, 2.45) is 5.92 Å². The third-order valence-electron chi connectivity index (χ3n) is 9.48. The standard InChI is InChI=1S/C42H48I2O7/c1-3-34-29(2)38(46-25-31-18-10-5-11-19-31)36(43)41(49-34)51-42-37(44)40(48-27-33-22-14-7-15-23-33)39(47-26-32-20-12-6-13-21-32)35(50-42)28-45-24-30-16-8-4-9-17-30/h4-23,29,34-42H,3,24-28H2,1-2H3/t29?,34?,35?,36?,37?,38-,39?,40?,41+,42+/m0/s1. The van der Waals surface area contributed by atoms with Gasteiger partial charge in [-0.15, -0.1) is 0 Å². The first-order valence-electron chi connectivity index (χ1n) is 17.8. The minimum Gasteiger partial charge on any atom is -0.374 e. The molecule has 0 spiro atoms. The Morgan fingerprint density at radius 3 is 1.37 bits per heavy atom. The van der Waals surface area contributed by atoms with Crippen molar-refractivity contribution in [1.29, 1.82) is 0 Å². The molecule has 0 radical (unpaired) electrons. The molecule has 6 rings (SSSR count). The van der Waals surface area contributed by atoms with Gasteiger partial charge in [-0.05, 0) is 28.7 Å². The Labute approximate surface area is 329 Å². The van der Waals surface area contributed by atoms with E-state index < -0.39 is 24.8 Å². The highest BCUT2D eigenvalue weighted by Crippen LogP contribution is 2.39. The van der Waals surface area contributed by atoms with Crippen LogP contribution in [0.1, 0.15) is 42.5 Å². The third kappa shape index (κ3) is 10.8. The van der Waals surface area contributed by atoms with Gasteiger partial charge in [0.05, 0.1) is 53.1 Å². The Hall–Kier alpha value is -1.94. The number of hydrogen-bond acceptors (Lipinski definition) is 7. The summed E-state index contributed by atoms with van der Waals surface area (Å²) < 4.78 is 46.5. The van der Waals surface area contributed by atoms with E-state index in [2.05, 4.69) is 108 Å². The minimum atomic E-state index is -0.642. The number of rotatable bonds is 16. The second-order valence-corrected chi connectivity index (χ2v) is 16.0. The lowest BCUT2D eigenvalue weighted by Crippen LogP contribution is -2.61. The second-order valence-electron chi connectivity index (χ2n) is 13.2. The molecule has 2 heterocycles. The van der Waals surface area contributed by atoms with Gasteiger partial charge in [-0.25, -0.2) is 0 Å². The molecule has 7 unspecified atom stereocenters. The fourth-order valence-electron chi connectivity index (χ4n) is 6.65. The summed E-state index contributed by atoms with van der Waals surface area (Å²) in [5.74, 6) is 0.194. The fraction of sp³-hybridized carbons (Fsp3) is 0.429. The average molecular weight is 919 g/mol. The van der Waals surface area contributed by atoms with E-state index >= 15 is 0 Å². The van der Waals surface area contributed by atoms with Crippen molar-refractivity contribution in [3.63, 3.8) is 0 Å². The van der Waals surface area contributed by atoms with Crippen LogP contribution in [-0.4, -0.2) is 57.6 Å². The van der Waals surface area contributed by atoms with Crippen LogP contribution in [0.5, 0.6) is 0 Å². The predicted octanol–water partition coefficient (Wildman–Crippen LogP) is 9.08. The van der Waals surface area contributed by atoms with Gasteiger partial charge in [0.1, 0.15) is 18.3 Å². The number of hydrogen-bond donors (Lipinski definition) is 0. The van der Waals surface area contributed by atoms with Crippen molar-refractivity contribution >= 4 is 45.2 Å². The van der Waals surface area contributed by atoms with E-state index in [1.54, 1.807) is 0 Å². The topological polar surface area (TPSA) is 64.6 Å². The Balaban J connectivity index is 1.23. The fourth-order valence-corrected chi connectivity index (χ4v) is 8.81. The van der Waals surface area contributed by atoms with Crippen LogP contribution in [0.2, 0.25) is 0 Å². The summed E-state index contributed by atoms with van der Waals surface area (Å²) >= 11 is 4.86. The van der Waals surface area contributed by atoms with Crippen LogP contribution < -0.4 is 0 Å². The highest BCUT2D eigenvalue weighted by Gasteiger charge is 2.50. The van der Waals surface area contributed by atoms with Crippen molar-refractivity contribution in [2.45, 2.75) is 97.6 Å². The minimum absolute atomic E-state index is 0.0184. The molecule has 0 bridgehead atoms. The third-order valence-corrected chi connectivity index (χ3v) is 12.1. The summed E-state index contributed by atoms with van der Waals surface area (Å²) in [5, 5.41) is 0. The first-order valence-corrected chi connectivity index (χ1v) is 20.3. The molecule has 4 aromatic carbocycles. The van der Waals surface area contributed by atoms with E-state index in [0.29, 0.717) is 33.0 Å². The molecule has 2 saturated heterocycles. The summed E-state index contributed by atoms with van der Waals surface area (Å²) in [6.45, 7) is 6.51. The van der Waals surface area contributed by atoms with Gasteiger partial charge in [-0.1, -0.05) is 180 Å². The highest BCUT2D eigenvalue weighted by molar-refractivity contribution is 14.1. The molecule has 0 saturated carbocycles. The van der Waals surface area contributed by atoms with Gasteiger partial charge in [-0.3, -0.25) is 0 Å². The molecule has 2 aliphatic heterocycles. The molecule has 7 nitrogen and oxygen atoms in total. The first kappa shape index (κ1) is 38.8. The summed E-state index contributed by atoms with van der Waals surface area (Å²) in [6.07, 6.45) is -1.66. The molecule has 2 aliphatic rings. The molecule has 0 aliphatic carbocycles. The molecular weight excluding hydrogens is 870 g/mol. The van der Waals surface area contributed by atoms with Crippen molar-refractivity contribution in [3.8, 4) is 0 Å². The van der Waals surface area contributed by atoms with Gasteiger partial charge in [0.15, 0.2) is 12.6 Å². The lowest BCUT2D eigenvalue weighted by Gasteiger charge is -2.48. The maximum atomic E-state index is 6.88. The predicted molar refractivity (Wildman–Crippen MR) is 215 cm³/mol. The van der Waals surface area contributed by atoms with Gasteiger partial charge in [0.2, 0.25) is 0 Å². The van der Waals surface area contributed by atoms with Crippen molar-refractivity contribution in [3.05, 3.63) is 144 Å². The van der Waals surface area contributed by atoms with Crippen LogP contribution >= 0.6 is 45.2 Å². The number of ether oxygens (including phenoxy) is 7. The van der Waals surface area contributed by atoms with E-state index in [4.69, 9.17) is 33.2 Å². The van der Waals surface area contributed by atoms with E-state index in [1.165, 1.54) is 0 Å². The Morgan fingerprint density at radius 1 is 0.510 bits per heavy atom. The maximum Gasteiger partial charge on any atom is 0.175 e. The normalized spacial score (nSPS) is 29.5. The number of halogens is 2. The molecule has 0 aromatic heterocycles. The van der Waals surface area contributed by atoms with E-state index in [-0.39, 0.29) is 32.1 Å². The molecule has 2 fully saturated rings. The summed E-state index contributed by atoms with van der Waals surface area (Å²) in [6, 6.07) is 40.9. The summed E-state index contributed by atoms with van der Waals surface area (Å²) in [5.41, 5.74) is 4.41. The molecule has 9 heteroatoms. The van der Waals surface area contributed by atoms with Gasteiger partial charge in [0, 0.05) is 5.92 Å². The maximum absolute atomic E-state index is 6.88. The van der Waals surface area contributed by atoms with Gasteiger partial charge in [-0.2, -0.15) is 0 Å². The molecule has 0 amide bonds. The highest BCUT2D eigenvalue weighted by atomic mass is 127. The Kier molecular flexibility index (Phi) is 15.2. The van der Waals surface area contributed by atoms with Crippen LogP contribution in [0.4, 0.5) is 0 Å². The molecule has 272 valence electrons. The van der Waals surface area contributed by atoms with Crippen LogP contribution in [0.25, 0.3) is 0 Å². The Bertz CT molecular complexity index is 1550. The molecule has 51 heavy (non-hydrogen) atoms. The van der Waals surface area contributed by atoms with Gasteiger partial charge in [0.25, 0.3) is 0 Å². The Morgan fingerprint density at radius 2 is 0.902 bits per heavy atom. The van der Waals surface area contributed by atoms with E-state index in [1.807, 2.05) is 72.8 Å². The first-order chi connectivity index (χ1) is 25.0. The summed E-state index contributed by atoms with van der Waals surface area (Å²) in [4.78, 5) is 0. The molecular formula is C42H48I2O7. The van der Waals surface area contributed by atoms with E-state index in [9.17, 15) is 0 Å². The van der Waals surface area contributed by atoms with E-state index in [0.717, 1.165) is 28.7 Å². The van der Waals surface area contributed by atoms with Crippen molar-refractivity contribution in [1.82, 2.24) is 0 Å². The average Bonchev–Trinajstić information content (AvgIpc) is 3.17. The number of alkyl halides is 2. The zero-order valence-electron chi connectivity index (χ0n) is 29.2. The number of benzene rings is 4. The lowest BCUT2D eigenvalue weighted by atomic mass is 9.90.